The molecule has 2 amide bonds. The number of amides is 2. The molecule has 0 aromatic heterocycles. The molecule has 1 heterocycles. The standard InChI is InChI=1S/C29H19ClF3NO2/c30-22-14-11-18(15-21(22)29(31,32)33)34-27(35)25-19-12-13-20(26(25)28(34)36)24(19)23(16-7-3-1-4-8-16)17-9-5-2-6-10-17/h1-15,19-20,25-26H/t19-,20-,25-,26+/m0/s1. The average molecular weight is 506 g/mol. The fourth-order valence-corrected chi connectivity index (χ4v) is 6.15. The fourth-order valence-electron chi connectivity index (χ4n) is 5.93. The maximum Gasteiger partial charge on any atom is 0.417 e. The Hall–Kier alpha value is -3.64. The molecule has 3 aliphatic rings. The molecule has 1 aliphatic heterocycles. The minimum absolute atomic E-state index is 0.104. The van der Waals surface area contributed by atoms with E-state index < -0.39 is 40.4 Å². The number of allylic oxidation sites excluding steroid dienone is 3. The van der Waals surface area contributed by atoms with Gasteiger partial charge in [-0.25, -0.2) is 4.90 Å². The molecule has 1 saturated heterocycles. The molecule has 3 aromatic rings. The third kappa shape index (κ3) is 3.35. The van der Waals surface area contributed by atoms with Crippen LogP contribution in [0.25, 0.3) is 5.57 Å². The molecule has 0 unspecified atom stereocenters. The van der Waals surface area contributed by atoms with Gasteiger partial charge in [-0.3, -0.25) is 9.59 Å². The van der Waals surface area contributed by atoms with E-state index in [-0.39, 0.29) is 17.5 Å². The first-order chi connectivity index (χ1) is 17.3. The van der Waals surface area contributed by atoms with Crippen LogP contribution in [0.4, 0.5) is 18.9 Å². The van der Waals surface area contributed by atoms with Gasteiger partial charge >= 0.3 is 6.18 Å². The second kappa shape index (κ2) is 8.20. The van der Waals surface area contributed by atoms with E-state index in [1.165, 1.54) is 6.07 Å². The number of alkyl halides is 3. The predicted octanol–water partition coefficient (Wildman–Crippen LogP) is 6.78. The van der Waals surface area contributed by atoms with E-state index in [9.17, 15) is 22.8 Å². The van der Waals surface area contributed by atoms with Gasteiger partial charge < -0.3 is 0 Å². The third-order valence-electron chi connectivity index (χ3n) is 7.34. The Morgan fingerprint density at radius 3 is 1.72 bits per heavy atom. The van der Waals surface area contributed by atoms with Crippen molar-refractivity contribution in [3.05, 3.63) is 118 Å². The molecule has 0 radical (unpaired) electrons. The van der Waals surface area contributed by atoms with E-state index in [0.717, 1.165) is 39.3 Å². The molecule has 6 rings (SSSR count). The van der Waals surface area contributed by atoms with Crippen molar-refractivity contribution in [3.63, 3.8) is 0 Å². The SMILES string of the molecule is O=C1[C@@H]2[C@H](C(=O)N1c1ccc(Cl)c(C(F)(F)F)c1)[C@H]1C=C[C@H]2C1=C(c1ccccc1)c1ccccc1. The highest BCUT2D eigenvalue weighted by Gasteiger charge is 2.62. The van der Waals surface area contributed by atoms with E-state index in [0.29, 0.717) is 0 Å². The summed E-state index contributed by atoms with van der Waals surface area (Å²) in [6.45, 7) is 0. The Balaban J connectivity index is 1.45. The number of rotatable bonds is 3. The molecule has 180 valence electrons. The monoisotopic (exact) mass is 505 g/mol. The number of hydrogen-bond acceptors (Lipinski definition) is 2. The summed E-state index contributed by atoms with van der Waals surface area (Å²) in [6.07, 6.45) is -0.777. The van der Waals surface area contributed by atoms with Crippen LogP contribution in [0.5, 0.6) is 0 Å². The van der Waals surface area contributed by atoms with E-state index in [1.807, 2.05) is 72.8 Å². The van der Waals surface area contributed by atoms with Crippen LogP contribution >= 0.6 is 11.6 Å². The molecule has 36 heavy (non-hydrogen) atoms. The van der Waals surface area contributed by atoms with Crippen molar-refractivity contribution in [1.29, 1.82) is 0 Å². The number of carbonyl (C=O) groups excluding carboxylic acids is 2. The van der Waals surface area contributed by atoms with Crippen molar-refractivity contribution in [3.8, 4) is 0 Å². The summed E-state index contributed by atoms with van der Waals surface area (Å²) in [6, 6.07) is 22.8. The highest BCUT2D eigenvalue weighted by atomic mass is 35.5. The first kappa shape index (κ1) is 22.8. The zero-order chi connectivity index (χ0) is 25.2. The highest BCUT2D eigenvalue weighted by Crippen LogP contribution is 2.59. The summed E-state index contributed by atoms with van der Waals surface area (Å²) in [5.74, 6) is -2.90. The topological polar surface area (TPSA) is 37.4 Å². The van der Waals surface area contributed by atoms with Gasteiger partial charge in [-0.05, 0) is 40.5 Å². The van der Waals surface area contributed by atoms with Crippen LogP contribution in [0.15, 0.2) is 96.6 Å². The quantitative estimate of drug-likeness (QED) is 0.290. The van der Waals surface area contributed by atoms with Crippen molar-refractivity contribution in [2.24, 2.45) is 23.7 Å². The van der Waals surface area contributed by atoms with Gasteiger partial charge in [0.05, 0.1) is 28.1 Å². The lowest BCUT2D eigenvalue weighted by atomic mass is 9.85. The zero-order valence-electron chi connectivity index (χ0n) is 18.7. The van der Waals surface area contributed by atoms with E-state index >= 15 is 0 Å². The molecule has 0 spiro atoms. The summed E-state index contributed by atoms with van der Waals surface area (Å²) in [5.41, 5.74) is 2.80. The van der Waals surface area contributed by atoms with Crippen LogP contribution < -0.4 is 4.90 Å². The molecule has 3 aromatic carbocycles. The lowest BCUT2D eigenvalue weighted by Crippen LogP contribution is -2.33. The van der Waals surface area contributed by atoms with Crippen LogP contribution in [-0.4, -0.2) is 11.8 Å². The number of anilines is 1. The number of carbonyl (C=O) groups is 2. The van der Waals surface area contributed by atoms with Gasteiger partial charge in [-0.15, -0.1) is 0 Å². The molecular weight excluding hydrogens is 487 g/mol. The summed E-state index contributed by atoms with van der Waals surface area (Å²) < 4.78 is 40.3. The molecule has 3 nitrogen and oxygen atoms in total. The number of halogens is 4. The highest BCUT2D eigenvalue weighted by molar-refractivity contribution is 6.31. The smallest absolute Gasteiger partial charge is 0.274 e. The fraction of sp³-hybridized carbons (Fsp3) is 0.172. The Morgan fingerprint density at radius 2 is 1.25 bits per heavy atom. The Bertz CT molecular complexity index is 1370. The van der Waals surface area contributed by atoms with Crippen LogP contribution in [0.2, 0.25) is 5.02 Å². The second-order valence-corrected chi connectivity index (χ2v) is 9.63. The summed E-state index contributed by atoms with van der Waals surface area (Å²) in [5, 5.41) is -0.479. The van der Waals surface area contributed by atoms with Gasteiger partial charge in [0.15, 0.2) is 0 Å². The molecular formula is C29H19ClF3NO2. The minimum Gasteiger partial charge on any atom is -0.274 e. The predicted molar refractivity (Wildman–Crippen MR) is 131 cm³/mol. The lowest BCUT2D eigenvalue weighted by molar-refractivity contribution is -0.137. The Morgan fingerprint density at radius 1 is 0.750 bits per heavy atom. The van der Waals surface area contributed by atoms with E-state index in [2.05, 4.69) is 0 Å². The van der Waals surface area contributed by atoms with E-state index in [1.54, 1.807) is 0 Å². The first-order valence-corrected chi connectivity index (χ1v) is 11.9. The normalized spacial score (nSPS) is 24.6. The number of nitrogens with zero attached hydrogens (tertiary/aromatic N) is 1. The molecule has 2 aliphatic carbocycles. The number of benzene rings is 3. The maximum atomic E-state index is 13.6. The second-order valence-electron chi connectivity index (χ2n) is 9.22. The first-order valence-electron chi connectivity index (χ1n) is 11.5. The van der Waals surface area contributed by atoms with Gasteiger partial charge in [0.1, 0.15) is 0 Å². The number of hydrogen-bond donors (Lipinski definition) is 0. The van der Waals surface area contributed by atoms with Crippen LogP contribution in [0.1, 0.15) is 16.7 Å². The zero-order valence-corrected chi connectivity index (χ0v) is 19.5. The van der Waals surface area contributed by atoms with Gasteiger partial charge in [-0.1, -0.05) is 84.4 Å². The molecule has 2 bridgehead atoms. The maximum absolute atomic E-state index is 13.6. The van der Waals surface area contributed by atoms with Crippen molar-refractivity contribution < 1.29 is 22.8 Å². The number of imide groups is 1. The molecule has 2 fully saturated rings. The van der Waals surface area contributed by atoms with Crippen LogP contribution in [0, 0.1) is 23.7 Å². The van der Waals surface area contributed by atoms with Crippen molar-refractivity contribution >= 4 is 34.7 Å². The van der Waals surface area contributed by atoms with Gasteiger partial charge in [-0.2, -0.15) is 13.2 Å². The Labute approximate surface area is 210 Å². The lowest BCUT2D eigenvalue weighted by Gasteiger charge is -2.22. The van der Waals surface area contributed by atoms with Gasteiger partial charge in [0.25, 0.3) is 0 Å². The van der Waals surface area contributed by atoms with Crippen LogP contribution in [0.3, 0.4) is 0 Å². The molecule has 0 N–H and O–H groups in total. The van der Waals surface area contributed by atoms with Crippen molar-refractivity contribution in [2.45, 2.75) is 6.18 Å². The van der Waals surface area contributed by atoms with Gasteiger partial charge in [0.2, 0.25) is 11.8 Å². The molecule has 7 heteroatoms. The number of fused-ring (bicyclic) bond motifs is 5. The summed E-state index contributed by atoms with van der Waals surface area (Å²) >= 11 is 5.76. The minimum atomic E-state index is -4.70. The third-order valence-corrected chi connectivity index (χ3v) is 7.67. The van der Waals surface area contributed by atoms with Crippen molar-refractivity contribution in [1.82, 2.24) is 0 Å². The van der Waals surface area contributed by atoms with Crippen molar-refractivity contribution in [2.75, 3.05) is 4.90 Å². The Kier molecular flexibility index (Phi) is 5.20. The van der Waals surface area contributed by atoms with Gasteiger partial charge in [0, 0.05) is 11.8 Å². The molecule has 4 atom stereocenters. The average Bonchev–Trinajstić information content (AvgIpc) is 3.50. The van der Waals surface area contributed by atoms with E-state index in [4.69, 9.17) is 11.6 Å². The molecule has 1 saturated carbocycles. The van der Waals surface area contributed by atoms with Crippen LogP contribution in [-0.2, 0) is 15.8 Å². The largest absolute Gasteiger partial charge is 0.417 e. The summed E-state index contributed by atoms with van der Waals surface area (Å²) in [7, 11) is 0. The summed E-state index contributed by atoms with van der Waals surface area (Å²) in [4.78, 5) is 28.1.